The first-order chi connectivity index (χ1) is 6.11. The number of nitrogen functional groups attached to an aromatic ring is 1. The molecule has 0 amide bonds. The zero-order valence-corrected chi connectivity index (χ0v) is 8.19. The van der Waals surface area contributed by atoms with E-state index < -0.39 is 0 Å². The van der Waals surface area contributed by atoms with Crippen LogP contribution in [-0.2, 0) is 0 Å². The highest BCUT2D eigenvalue weighted by Crippen LogP contribution is 2.13. The summed E-state index contributed by atoms with van der Waals surface area (Å²) in [6, 6.07) is 4.02. The minimum absolute atomic E-state index is 0. The minimum atomic E-state index is -0.368. The summed E-state index contributed by atoms with van der Waals surface area (Å²) < 4.78 is 12.5. The number of nitrogens with one attached hydrogen (secondary N) is 1. The Morgan fingerprint density at radius 1 is 1.46 bits per heavy atom. The molecule has 0 atom stereocenters. The van der Waals surface area contributed by atoms with Crippen LogP contribution in [0.25, 0.3) is 0 Å². The number of halogens is 1. The predicted molar refractivity (Wildman–Crippen MR) is 56.8 cm³/mol. The molecule has 74 valence electrons. The molecule has 0 spiro atoms. The largest absolute Gasteiger partial charge is 0.398 e. The molecule has 0 saturated heterocycles. The Bertz CT molecular complexity index is 300. The molecule has 0 aliphatic rings. The number of benzene rings is 1. The SMILES string of the molecule is CC.CC(=N)c1ccc(F)cc1N.[HH]. The molecule has 0 radical (unpaired) electrons. The molecule has 3 N–H and O–H groups in total. The Morgan fingerprint density at radius 3 is 2.38 bits per heavy atom. The summed E-state index contributed by atoms with van der Waals surface area (Å²) in [5.41, 5.74) is 6.70. The lowest BCUT2D eigenvalue weighted by Crippen LogP contribution is -1.99. The van der Waals surface area contributed by atoms with Gasteiger partial charge in [-0.25, -0.2) is 4.39 Å². The van der Waals surface area contributed by atoms with E-state index in [-0.39, 0.29) is 7.24 Å². The predicted octanol–water partition coefficient (Wildman–Crippen LogP) is 3.07. The number of hydrogen-bond donors (Lipinski definition) is 2. The molecular formula is C10H17FN2. The van der Waals surface area contributed by atoms with Crippen LogP contribution in [0.3, 0.4) is 0 Å². The van der Waals surface area contributed by atoms with Crippen molar-refractivity contribution in [2.24, 2.45) is 0 Å². The Morgan fingerprint density at radius 2 is 2.00 bits per heavy atom. The maximum Gasteiger partial charge on any atom is 0.125 e. The molecule has 0 aliphatic heterocycles. The smallest absolute Gasteiger partial charge is 0.125 e. The van der Waals surface area contributed by atoms with Gasteiger partial charge in [-0.3, -0.25) is 0 Å². The number of anilines is 1. The zero-order chi connectivity index (χ0) is 10.4. The molecule has 0 fully saturated rings. The van der Waals surface area contributed by atoms with E-state index in [1.54, 1.807) is 6.92 Å². The third kappa shape index (κ3) is 3.23. The van der Waals surface area contributed by atoms with Gasteiger partial charge in [-0.2, -0.15) is 0 Å². The van der Waals surface area contributed by atoms with Crippen molar-refractivity contribution in [2.45, 2.75) is 20.8 Å². The van der Waals surface area contributed by atoms with Gasteiger partial charge in [0.05, 0.1) is 0 Å². The lowest BCUT2D eigenvalue weighted by Gasteiger charge is -2.01. The van der Waals surface area contributed by atoms with Crippen LogP contribution in [0.2, 0.25) is 0 Å². The molecule has 0 unspecified atom stereocenters. The van der Waals surface area contributed by atoms with E-state index in [2.05, 4.69) is 0 Å². The minimum Gasteiger partial charge on any atom is -0.398 e. The normalized spacial score (nSPS) is 8.62. The van der Waals surface area contributed by atoms with E-state index in [4.69, 9.17) is 11.1 Å². The van der Waals surface area contributed by atoms with E-state index in [9.17, 15) is 4.39 Å². The topological polar surface area (TPSA) is 49.9 Å². The Hall–Kier alpha value is -1.38. The summed E-state index contributed by atoms with van der Waals surface area (Å²) in [4.78, 5) is 0. The highest BCUT2D eigenvalue weighted by molar-refractivity contribution is 6.00. The van der Waals surface area contributed by atoms with E-state index in [0.29, 0.717) is 17.0 Å². The van der Waals surface area contributed by atoms with Crippen LogP contribution < -0.4 is 5.73 Å². The van der Waals surface area contributed by atoms with Gasteiger partial charge in [-0.1, -0.05) is 13.8 Å². The molecule has 1 rings (SSSR count). The van der Waals surface area contributed by atoms with Crippen LogP contribution in [0, 0.1) is 11.2 Å². The molecule has 13 heavy (non-hydrogen) atoms. The monoisotopic (exact) mass is 184 g/mol. The molecule has 1 aromatic rings. The van der Waals surface area contributed by atoms with Crippen molar-refractivity contribution < 1.29 is 5.82 Å². The maximum absolute atomic E-state index is 12.5. The third-order valence-electron chi connectivity index (χ3n) is 1.42. The van der Waals surface area contributed by atoms with Gasteiger partial charge in [0.1, 0.15) is 5.82 Å². The van der Waals surface area contributed by atoms with Crippen LogP contribution in [0.1, 0.15) is 27.8 Å². The quantitative estimate of drug-likeness (QED) is 0.511. The fourth-order valence-electron chi connectivity index (χ4n) is 0.875. The van der Waals surface area contributed by atoms with Crippen LogP contribution in [0.15, 0.2) is 18.2 Å². The van der Waals surface area contributed by atoms with Crippen molar-refractivity contribution in [1.29, 1.82) is 5.41 Å². The average Bonchev–Trinajstić information content (AvgIpc) is 2.07. The molecule has 0 saturated carbocycles. The van der Waals surface area contributed by atoms with Crippen LogP contribution in [-0.4, -0.2) is 5.71 Å². The van der Waals surface area contributed by atoms with Crippen molar-refractivity contribution in [3.05, 3.63) is 29.6 Å². The lowest BCUT2D eigenvalue weighted by atomic mass is 10.1. The van der Waals surface area contributed by atoms with Gasteiger partial charge in [0, 0.05) is 18.4 Å². The number of hydrogen-bond acceptors (Lipinski definition) is 2. The second-order valence-electron chi connectivity index (χ2n) is 2.36. The number of nitrogens with two attached hydrogens (primary N) is 1. The first kappa shape index (κ1) is 11.6. The van der Waals surface area contributed by atoms with Gasteiger partial charge in [0.2, 0.25) is 0 Å². The second-order valence-corrected chi connectivity index (χ2v) is 2.36. The highest BCUT2D eigenvalue weighted by atomic mass is 19.1. The standard InChI is InChI=1S/C8H9FN2.C2H6.H2/c1-5(10)7-3-2-6(9)4-8(7)11;1-2;/h2-4,10H,11H2,1H3;1-2H3;1H. The zero-order valence-electron chi connectivity index (χ0n) is 8.19. The van der Waals surface area contributed by atoms with Gasteiger partial charge < -0.3 is 11.1 Å². The average molecular weight is 184 g/mol. The van der Waals surface area contributed by atoms with E-state index in [1.165, 1.54) is 18.2 Å². The third-order valence-corrected chi connectivity index (χ3v) is 1.42. The van der Waals surface area contributed by atoms with Gasteiger partial charge in [0.15, 0.2) is 0 Å². The van der Waals surface area contributed by atoms with Gasteiger partial charge in [0.25, 0.3) is 0 Å². The van der Waals surface area contributed by atoms with Crippen molar-refractivity contribution in [3.63, 3.8) is 0 Å². The van der Waals surface area contributed by atoms with Crippen LogP contribution in [0.5, 0.6) is 0 Å². The Balaban J connectivity index is 0. The molecule has 0 aromatic heterocycles. The molecule has 1 aromatic carbocycles. The molecule has 0 bridgehead atoms. The fourth-order valence-corrected chi connectivity index (χ4v) is 0.875. The molecular weight excluding hydrogens is 167 g/mol. The molecule has 2 nitrogen and oxygen atoms in total. The second kappa shape index (κ2) is 5.30. The lowest BCUT2D eigenvalue weighted by molar-refractivity contribution is 0.628. The van der Waals surface area contributed by atoms with E-state index in [1.807, 2.05) is 13.8 Å². The Kier molecular flexibility index (Phi) is 4.74. The fraction of sp³-hybridized carbons (Fsp3) is 0.300. The number of rotatable bonds is 1. The van der Waals surface area contributed by atoms with Crippen molar-refractivity contribution in [3.8, 4) is 0 Å². The molecule has 0 aliphatic carbocycles. The summed E-state index contributed by atoms with van der Waals surface area (Å²) >= 11 is 0. The molecule has 0 heterocycles. The summed E-state index contributed by atoms with van der Waals surface area (Å²) in [7, 11) is 0. The van der Waals surface area contributed by atoms with Gasteiger partial charge >= 0.3 is 0 Å². The van der Waals surface area contributed by atoms with Gasteiger partial charge in [-0.05, 0) is 25.1 Å². The van der Waals surface area contributed by atoms with Crippen LogP contribution >= 0.6 is 0 Å². The van der Waals surface area contributed by atoms with Crippen molar-refractivity contribution in [2.75, 3.05) is 5.73 Å². The van der Waals surface area contributed by atoms with Crippen molar-refractivity contribution in [1.82, 2.24) is 0 Å². The highest BCUT2D eigenvalue weighted by Gasteiger charge is 2.01. The molecule has 3 heteroatoms. The first-order valence-corrected chi connectivity index (χ1v) is 4.22. The summed E-state index contributed by atoms with van der Waals surface area (Å²) in [5.74, 6) is -0.368. The summed E-state index contributed by atoms with van der Waals surface area (Å²) in [6.45, 7) is 5.61. The van der Waals surface area contributed by atoms with Crippen molar-refractivity contribution >= 4 is 11.4 Å². The van der Waals surface area contributed by atoms with Gasteiger partial charge in [-0.15, -0.1) is 0 Å². The van der Waals surface area contributed by atoms with Crippen LogP contribution in [0.4, 0.5) is 10.1 Å². The van der Waals surface area contributed by atoms with E-state index >= 15 is 0 Å². The summed E-state index contributed by atoms with van der Waals surface area (Å²) in [5, 5.41) is 7.24. The maximum atomic E-state index is 12.5. The Labute approximate surface area is 79.6 Å². The first-order valence-electron chi connectivity index (χ1n) is 4.22. The van der Waals surface area contributed by atoms with E-state index in [0.717, 1.165) is 0 Å². The summed E-state index contributed by atoms with van der Waals surface area (Å²) in [6.07, 6.45) is 0.